The largest absolute Gasteiger partial charge is 0.340 e. The molecule has 0 fully saturated rings. The van der Waals surface area contributed by atoms with Crippen LogP contribution in [-0.2, 0) is 12.8 Å². The van der Waals surface area contributed by atoms with Crippen LogP contribution >= 0.6 is 22.7 Å². The van der Waals surface area contributed by atoms with Gasteiger partial charge in [0.05, 0.1) is 16.2 Å². The number of hydrogen-bond acceptors (Lipinski definition) is 5. The van der Waals surface area contributed by atoms with Gasteiger partial charge in [0.15, 0.2) is 0 Å². The Morgan fingerprint density at radius 3 is 2.71 bits per heavy atom. The van der Waals surface area contributed by atoms with E-state index >= 15 is 0 Å². The molecule has 0 aliphatic heterocycles. The summed E-state index contributed by atoms with van der Waals surface area (Å²) in [6.45, 7) is 2.68. The van der Waals surface area contributed by atoms with Crippen LogP contribution in [0.4, 0.5) is 0 Å². The fourth-order valence-corrected chi connectivity index (χ4v) is 3.97. The molecule has 0 spiro atoms. The van der Waals surface area contributed by atoms with Crippen LogP contribution in [0.25, 0.3) is 0 Å². The second-order valence-corrected chi connectivity index (χ2v) is 7.51. The molecule has 0 bridgehead atoms. The van der Waals surface area contributed by atoms with Crippen molar-refractivity contribution in [1.29, 1.82) is 0 Å². The lowest BCUT2D eigenvalue weighted by Gasteiger charge is -2.15. The monoisotopic (exact) mass is 357 g/mol. The minimum absolute atomic E-state index is 0.0206. The molecule has 3 aromatic rings. The Kier molecular flexibility index (Phi) is 5.37. The van der Waals surface area contributed by atoms with Gasteiger partial charge in [-0.15, -0.1) is 22.7 Å². The van der Waals surface area contributed by atoms with Crippen molar-refractivity contribution in [3.05, 3.63) is 68.1 Å². The highest BCUT2D eigenvalue weighted by Gasteiger charge is 2.16. The number of aryl methyl sites for hydroxylation is 1. The molecule has 1 aromatic carbocycles. The van der Waals surface area contributed by atoms with Crippen LogP contribution in [0.1, 0.15) is 31.6 Å². The van der Waals surface area contributed by atoms with E-state index in [1.807, 2.05) is 43.1 Å². The first-order valence-electron chi connectivity index (χ1n) is 7.76. The van der Waals surface area contributed by atoms with Crippen molar-refractivity contribution >= 4 is 28.6 Å². The number of hydrogen-bond donors (Lipinski definition) is 0. The summed E-state index contributed by atoms with van der Waals surface area (Å²) < 4.78 is 0. The normalized spacial score (nSPS) is 10.8. The Morgan fingerprint density at radius 2 is 2.00 bits per heavy atom. The van der Waals surface area contributed by atoms with E-state index in [0.717, 1.165) is 23.5 Å². The van der Waals surface area contributed by atoms with Crippen LogP contribution in [0.3, 0.4) is 0 Å². The summed E-state index contributed by atoms with van der Waals surface area (Å²) in [5.41, 5.74) is 4.65. The summed E-state index contributed by atoms with van der Waals surface area (Å²) in [4.78, 5) is 24.2. The first-order valence-corrected chi connectivity index (χ1v) is 9.52. The van der Waals surface area contributed by atoms with E-state index in [0.29, 0.717) is 12.2 Å². The Bertz CT molecular complexity index is 811. The molecular weight excluding hydrogens is 338 g/mol. The van der Waals surface area contributed by atoms with Crippen LogP contribution < -0.4 is 0 Å². The van der Waals surface area contributed by atoms with Crippen molar-refractivity contribution in [1.82, 2.24) is 14.9 Å². The summed E-state index contributed by atoms with van der Waals surface area (Å²) in [6.07, 6.45) is 1.60. The van der Waals surface area contributed by atoms with E-state index in [2.05, 4.69) is 22.1 Å². The molecule has 0 radical (unpaired) electrons. The number of aromatic nitrogens is 2. The molecule has 0 N–H and O–H groups in total. The predicted octanol–water partition coefficient (Wildman–Crippen LogP) is 3.81. The standard InChI is InChI=1S/C18H19N3OS2/c1-13-16(24-12-19-13)8-9-21(2)18(22)15-11-23-17(20-15)10-14-6-4-3-5-7-14/h3-7,11-12H,8-10H2,1-2H3. The Morgan fingerprint density at radius 1 is 1.21 bits per heavy atom. The van der Waals surface area contributed by atoms with Crippen molar-refractivity contribution < 1.29 is 4.79 Å². The number of rotatable bonds is 6. The van der Waals surface area contributed by atoms with E-state index in [4.69, 9.17) is 0 Å². The highest BCUT2D eigenvalue weighted by Crippen LogP contribution is 2.17. The summed E-state index contributed by atoms with van der Waals surface area (Å²) in [6, 6.07) is 10.2. The van der Waals surface area contributed by atoms with Crippen molar-refractivity contribution in [2.75, 3.05) is 13.6 Å². The SMILES string of the molecule is Cc1ncsc1CCN(C)C(=O)c1csc(Cc2ccccc2)n1. The van der Waals surface area contributed by atoms with Gasteiger partial charge in [0.2, 0.25) is 0 Å². The lowest BCUT2D eigenvalue weighted by Crippen LogP contribution is -2.29. The van der Waals surface area contributed by atoms with Gasteiger partial charge in [0.1, 0.15) is 5.69 Å². The molecule has 1 amide bonds. The van der Waals surface area contributed by atoms with Gasteiger partial charge in [0, 0.05) is 36.7 Å². The van der Waals surface area contributed by atoms with Gasteiger partial charge in [-0.2, -0.15) is 0 Å². The minimum atomic E-state index is -0.0206. The summed E-state index contributed by atoms with van der Waals surface area (Å²) in [5.74, 6) is -0.0206. The lowest BCUT2D eigenvalue weighted by molar-refractivity contribution is 0.0791. The second kappa shape index (κ2) is 7.68. The summed E-state index contributed by atoms with van der Waals surface area (Å²) in [7, 11) is 1.83. The molecule has 6 heteroatoms. The first-order chi connectivity index (χ1) is 11.6. The van der Waals surface area contributed by atoms with Crippen molar-refractivity contribution in [2.45, 2.75) is 19.8 Å². The topological polar surface area (TPSA) is 46.1 Å². The molecule has 0 saturated carbocycles. The van der Waals surface area contributed by atoms with Crippen LogP contribution in [0.5, 0.6) is 0 Å². The number of likely N-dealkylation sites (N-methyl/N-ethyl adjacent to an activating group) is 1. The molecule has 24 heavy (non-hydrogen) atoms. The van der Waals surface area contributed by atoms with Crippen molar-refractivity contribution in [3.63, 3.8) is 0 Å². The smallest absolute Gasteiger partial charge is 0.273 e. The van der Waals surface area contributed by atoms with Gasteiger partial charge >= 0.3 is 0 Å². The molecule has 4 nitrogen and oxygen atoms in total. The Hall–Kier alpha value is -2.05. The Balaban J connectivity index is 1.59. The number of thiazole rings is 2. The Labute approximate surface area is 149 Å². The maximum Gasteiger partial charge on any atom is 0.273 e. The molecule has 0 atom stereocenters. The fourth-order valence-electron chi connectivity index (χ4n) is 2.39. The number of carbonyl (C=O) groups is 1. The molecule has 0 saturated heterocycles. The van der Waals surface area contributed by atoms with Gasteiger partial charge in [-0.3, -0.25) is 4.79 Å². The predicted molar refractivity (Wildman–Crippen MR) is 98.9 cm³/mol. The van der Waals surface area contributed by atoms with E-state index in [9.17, 15) is 4.79 Å². The summed E-state index contributed by atoms with van der Waals surface area (Å²) in [5, 5.41) is 2.82. The zero-order chi connectivity index (χ0) is 16.9. The van der Waals surface area contributed by atoms with E-state index in [-0.39, 0.29) is 5.91 Å². The van der Waals surface area contributed by atoms with Gasteiger partial charge in [0.25, 0.3) is 5.91 Å². The van der Waals surface area contributed by atoms with E-state index in [1.165, 1.54) is 10.4 Å². The average Bonchev–Trinajstić information content (AvgIpc) is 3.22. The van der Waals surface area contributed by atoms with E-state index < -0.39 is 0 Å². The lowest BCUT2D eigenvalue weighted by atomic mass is 10.2. The maximum absolute atomic E-state index is 12.5. The minimum Gasteiger partial charge on any atom is -0.340 e. The maximum atomic E-state index is 12.5. The zero-order valence-electron chi connectivity index (χ0n) is 13.7. The third-order valence-electron chi connectivity index (χ3n) is 3.83. The molecule has 3 rings (SSSR count). The number of nitrogens with zero attached hydrogens (tertiary/aromatic N) is 3. The molecule has 2 heterocycles. The third-order valence-corrected chi connectivity index (χ3v) is 5.68. The number of carbonyl (C=O) groups excluding carboxylic acids is 1. The molecule has 0 aliphatic carbocycles. The third kappa shape index (κ3) is 4.07. The summed E-state index contributed by atoms with van der Waals surface area (Å²) >= 11 is 3.18. The van der Waals surface area contributed by atoms with Crippen LogP contribution in [0.2, 0.25) is 0 Å². The van der Waals surface area contributed by atoms with E-state index in [1.54, 1.807) is 27.6 Å². The fraction of sp³-hybridized carbons (Fsp3) is 0.278. The van der Waals surface area contributed by atoms with Crippen LogP contribution in [0, 0.1) is 6.92 Å². The van der Waals surface area contributed by atoms with Gasteiger partial charge in [-0.05, 0) is 12.5 Å². The number of amides is 1. The van der Waals surface area contributed by atoms with Gasteiger partial charge in [-0.1, -0.05) is 30.3 Å². The van der Waals surface area contributed by atoms with Crippen molar-refractivity contribution in [3.8, 4) is 0 Å². The second-order valence-electron chi connectivity index (χ2n) is 5.63. The van der Waals surface area contributed by atoms with Gasteiger partial charge in [-0.25, -0.2) is 9.97 Å². The van der Waals surface area contributed by atoms with Crippen LogP contribution in [0.15, 0.2) is 41.2 Å². The first kappa shape index (κ1) is 16.8. The molecule has 2 aromatic heterocycles. The molecular formula is C18H19N3OS2. The van der Waals surface area contributed by atoms with Crippen LogP contribution in [-0.4, -0.2) is 34.4 Å². The average molecular weight is 358 g/mol. The molecule has 0 aliphatic rings. The highest BCUT2D eigenvalue weighted by atomic mass is 32.1. The number of benzene rings is 1. The molecule has 0 unspecified atom stereocenters. The zero-order valence-corrected chi connectivity index (χ0v) is 15.4. The van der Waals surface area contributed by atoms with Crippen molar-refractivity contribution in [2.24, 2.45) is 0 Å². The molecule has 124 valence electrons. The van der Waals surface area contributed by atoms with Gasteiger partial charge < -0.3 is 4.90 Å². The highest BCUT2D eigenvalue weighted by molar-refractivity contribution is 7.10. The quantitative estimate of drug-likeness (QED) is 0.674.